The lowest BCUT2D eigenvalue weighted by Gasteiger charge is -2.28. The molecule has 0 radical (unpaired) electrons. The molecule has 0 N–H and O–H groups in total. The number of hydrazone groups is 1. The van der Waals surface area contributed by atoms with Crippen LogP contribution in [0.15, 0.2) is 47.8 Å². The van der Waals surface area contributed by atoms with E-state index >= 15 is 0 Å². The predicted octanol–water partition coefficient (Wildman–Crippen LogP) is 2.99. The van der Waals surface area contributed by atoms with Gasteiger partial charge in [0.2, 0.25) is 0 Å². The van der Waals surface area contributed by atoms with E-state index < -0.39 is 0 Å². The maximum absolute atomic E-state index is 12.5. The van der Waals surface area contributed by atoms with E-state index in [-0.39, 0.29) is 6.03 Å². The van der Waals surface area contributed by atoms with Crippen LogP contribution in [-0.4, -0.2) is 51.5 Å². The van der Waals surface area contributed by atoms with Gasteiger partial charge in [-0.15, -0.1) is 0 Å². The molecule has 0 spiro atoms. The Morgan fingerprint density at radius 3 is 2.50 bits per heavy atom. The normalized spacial score (nSPS) is 18.8. The van der Waals surface area contributed by atoms with Crippen LogP contribution in [-0.2, 0) is 0 Å². The summed E-state index contributed by atoms with van der Waals surface area (Å²) in [7, 11) is 1.67. The van der Waals surface area contributed by atoms with Gasteiger partial charge in [-0.1, -0.05) is 30.3 Å². The van der Waals surface area contributed by atoms with Crippen molar-refractivity contribution >= 4 is 23.5 Å². The van der Waals surface area contributed by atoms with Crippen molar-refractivity contribution in [3.63, 3.8) is 0 Å². The Labute approximate surface area is 141 Å². The van der Waals surface area contributed by atoms with Crippen molar-refractivity contribution in [2.75, 3.05) is 20.1 Å². The third-order valence-electron chi connectivity index (χ3n) is 4.06. The first-order chi connectivity index (χ1) is 11.7. The second-order valence-corrected chi connectivity index (χ2v) is 5.48. The summed E-state index contributed by atoms with van der Waals surface area (Å²) in [4.78, 5) is 19.0. The van der Waals surface area contributed by atoms with Crippen LogP contribution in [0.4, 0.5) is 4.79 Å². The molecule has 3 rings (SSSR count). The van der Waals surface area contributed by atoms with Crippen LogP contribution in [0.3, 0.4) is 0 Å². The first-order valence-corrected chi connectivity index (χ1v) is 8.08. The molecular formula is C18H21N5O. The topological polar surface area (TPSA) is 53.7 Å². The monoisotopic (exact) mass is 323 g/mol. The Balaban J connectivity index is 2.24. The summed E-state index contributed by atoms with van der Waals surface area (Å²) in [5, 5.41) is 5.97. The van der Waals surface area contributed by atoms with Crippen LogP contribution in [0.25, 0.3) is 11.6 Å². The van der Waals surface area contributed by atoms with E-state index in [2.05, 4.69) is 28.8 Å². The van der Waals surface area contributed by atoms with Crippen molar-refractivity contribution in [1.29, 1.82) is 0 Å². The van der Waals surface area contributed by atoms with Crippen LogP contribution < -0.4 is 0 Å². The van der Waals surface area contributed by atoms with E-state index in [4.69, 9.17) is 0 Å². The number of carbonyl (C=O) groups excluding carboxylic acids is 1. The highest BCUT2D eigenvalue weighted by molar-refractivity contribution is 6.27. The Hall–Kier alpha value is -2.89. The molecule has 0 bridgehead atoms. The first kappa shape index (κ1) is 16.0. The summed E-state index contributed by atoms with van der Waals surface area (Å²) in [6.45, 7) is 5.76. The van der Waals surface area contributed by atoms with Crippen molar-refractivity contribution in [3.8, 4) is 0 Å². The molecule has 1 aliphatic heterocycles. The summed E-state index contributed by atoms with van der Waals surface area (Å²) in [5.74, 6) is 1.38. The van der Waals surface area contributed by atoms with Gasteiger partial charge in [-0.2, -0.15) is 5.10 Å². The number of likely N-dealkylation sites (N-methyl/N-ethyl adjacent to an activating group) is 1. The second kappa shape index (κ2) is 6.70. The molecule has 1 aromatic heterocycles. The highest BCUT2D eigenvalue weighted by Gasteiger charge is 2.23. The Morgan fingerprint density at radius 2 is 1.83 bits per heavy atom. The molecule has 0 saturated heterocycles. The summed E-state index contributed by atoms with van der Waals surface area (Å²) < 4.78 is 1.51. The van der Waals surface area contributed by atoms with Gasteiger partial charge in [0.25, 0.3) is 0 Å². The number of aromatic nitrogens is 2. The van der Waals surface area contributed by atoms with Crippen LogP contribution in [0, 0.1) is 0 Å². The number of amides is 1. The zero-order valence-corrected chi connectivity index (χ0v) is 14.2. The van der Waals surface area contributed by atoms with Gasteiger partial charge in [-0.25, -0.2) is 14.8 Å². The fourth-order valence-electron chi connectivity index (χ4n) is 2.76. The standard InChI is InChI=1S/C18H21N5O/c1-4-22(5-2)17-15(14-9-7-6-8-10-14)13-16-19-11-12-23(16)18(24)21(3)20-17/h6-13H,4-5H2,1-3H3/b15-13-,20-17+. The number of benzene rings is 1. The minimum atomic E-state index is -0.226. The van der Waals surface area contributed by atoms with Gasteiger partial charge in [-0.05, 0) is 25.5 Å². The molecule has 2 aromatic rings. The smallest absolute Gasteiger partial charge is 0.350 e. The summed E-state index contributed by atoms with van der Waals surface area (Å²) in [5.41, 5.74) is 1.99. The number of hydrogen-bond donors (Lipinski definition) is 0. The van der Waals surface area contributed by atoms with Crippen LogP contribution in [0.5, 0.6) is 0 Å². The fraction of sp³-hybridized carbons (Fsp3) is 0.278. The third-order valence-corrected chi connectivity index (χ3v) is 4.06. The van der Waals surface area contributed by atoms with Crippen molar-refractivity contribution < 1.29 is 4.79 Å². The maximum atomic E-state index is 12.5. The zero-order valence-electron chi connectivity index (χ0n) is 14.2. The van der Waals surface area contributed by atoms with E-state index in [0.717, 1.165) is 30.1 Å². The fourth-order valence-corrected chi connectivity index (χ4v) is 2.76. The van der Waals surface area contributed by atoms with Crippen LogP contribution in [0.2, 0.25) is 0 Å². The molecule has 0 atom stereocenters. The Morgan fingerprint density at radius 1 is 1.12 bits per heavy atom. The zero-order chi connectivity index (χ0) is 17.1. The lowest BCUT2D eigenvalue weighted by Crippen LogP contribution is -2.37. The molecule has 0 aliphatic carbocycles. The molecule has 6 heteroatoms. The van der Waals surface area contributed by atoms with Crippen molar-refractivity contribution in [1.82, 2.24) is 19.5 Å². The molecular weight excluding hydrogens is 302 g/mol. The number of hydrogen-bond acceptors (Lipinski definition) is 4. The highest BCUT2D eigenvalue weighted by atomic mass is 16.2. The van der Waals surface area contributed by atoms with Gasteiger partial charge in [0.15, 0.2) is 5.84 Å². The molecule has 1 aliphatic rings. The average Bonchev–Trinajstić information content (AvgIpc) is 3.07. The van der Waals surface area contributed by atoms with Gasteiger partial charge in [0.1, 0.15) is 5.82 Å². The average molecular weight is 323 g/mol. The van der Waals surface area contributed by atoms with Gasteiger partial charge >= 0.3 is 6.03 Å². The summed E-state index contributed by atoms with van der Waals surface area (Å²) in [6, 6.07) is 9.84. The molecule has 0 unspecified atom stereocenters. The van der Waals surface area contributed by atoms with E-state index in [1.807, 2.05) is 36.4 Å². The van der Waals surface area contributed by atoms with E-state index in [1.54, 1.807) is 19.4 Å². The number of imidazole rings is 1. The minimum Gasteiger partial charge on any atom is -0.355 e. The van der Waals surface area contributed by atoms with Crippen molar-refractivity contribution in [3.05, 3.63) is 54.1 Å². The third kappa shape index (κ3) is 2.82. The molecule has 6 nitrogen and oxygen atoms in total. The molecule has 0 fully saturated rings. The van der Waals surface area contributed by atoms with Crippen LogP contribution in [0.1, 0.15) is 25.2 Å². The Bertz CT molecular complexity index is 787. The number of carbonyl (C=O) groups is 1. The van der Waals surface area contributed by atoms with E-state index in [1.165, 1.54) is 9.58 Å². The number of rotatable bonds is 3. The van der Waals surface area contributed by atoms with Gasteiger partial charge < -0.3 is 4.90 Å². The van der Waals surface area contributed by atoms with Gasteiger partial charge in [0.05, 0.1) is 0 Å². The molecule has 24 heavy (non-hydrogen) atoms. The maximum Gasteiger partial charge on any atom is 0.350 e. The highest BCUT2D eigenvalue weighted by Crippen LogP contribution is 2.23. The van der Waals surface area contributed by atoms with Gasteiger partial charge in [0, 0.05) is 38.1 Å². The van der Waals surface area contributed by atoms with Gasteiger partial charge in [-0.3, -0.25) is 4.57 Å². The molecule has 1 aromatic carbocycles. The van der Waals surface area contributed by atoms with Crippen molar-refractivity contribution in [2.24, 2.45) is 5.10 Å². The predicted molar refractivity (Wildman–Crippen MR) is 95.5 cm³/mol. The SMILES string of the molecule is CCN(CC)C1=N/N(C)C(=O)n2ccnc2/C=C\1c1ccccc1. The molecule has 2 heterocycles. The Kier molecular flexibility index (Phi) is 4.46. The second-order valence-electron chi connectivity index (χ2n) is 5.48. The van der Waals surface area contributed by atoms with Crippen molar-refractivity contribution in [2.45, 2.75) is 13.8 Å². The summed E-state index contributed by atoms with van der Waals surface area (Å²) in [6.07, 6.45) is 5.21. The first-order valence-electron chi connectivity index (χ1n) is 8.08. The quantitative estimate of drug-likeness (QED) is 0.872. The minimum absolute atomic E-state index is 0.226. The van der Waals surface area contributed by atoms with E-state index in [9.17, 15) is 4.79 Å². The summed E-state index contributed by atoms with van der Waals surface area (Å²) >= 11 is 0. The van der Waals surface area contributed by atoms with Crippen LogP contribution >= 0.6 is 0 Å². The molecule has 0 saturated carbocycles. The number of fused-ring (bicyclic) bond motifs is 1. The number of nitrogens with zero attached hydrogens (tertiary/aromatic N) is 5. The number of amidine groups is 1. The lowest BCUT2D eigenvalue weighted by molar-refractivity contribution is 0.211. The largest absolute Gasteiger partial charge is 0.355 e. The molecule has 1 amide bonds. The van der Waals surface area contributed by atoms with E-state index in [0.29, 0.717) is 5.82 Å². The lowest BCUT2D eigenvalue weighted by atomic mass is 10.0. The molecule has 124 valence electrons.